The maximum absolute atomic E-state index is 13.6. The lowest BCUT2D eigenvalue weighted by molar-refractivity contribution is 0.458. The zero-order valence-electron chi connectivity index (χ0n) is 18.2. The molecule has 7 nitrogen and oxygen atoms in total. The number of imidazole rings is 1. The van der Waals surface area contributed by atoms with Gasteiger partial charge in [0, 0.05) is 30.8 Å². The monoisotopic (exact) mass is 449 g/mol. The summed E-state index contributed by atoms with van der Waals surface area (Å²) in [6, 6.07) is 15.4. The lowest BCUT2D eigenvalue weighted by Crippen LogP contribution is -2.40. The van der Waals surface area contributed by atoms with Crippen molar-refractivity contribution in [2.24, 2.45) is 13.0 Å². The minimum Gasteiger partial charge on any atom is -0.312 e. The van der Waals surface area contributed by atoms with Crippen molar-refractivity contribution in [1.82, 2.24) is 18.7 Å². The standard InChI is InChI=1S/C24H24ClN5O2/c1-15-5-4-6-17(11-15)14-30-22(31)20-21(27(3)24(30)32)26-23-28(12-16(2)13-29(20)23)19-9-7-18(25)8-10-19/h4-11,16H,12-14H2,1-3H3/t16-/m1/s1. The number of anilines is 2. The number of rotatable bonds is 3. The summed E-state index contributed by atoms with van der Waals surface area (Å²) in [4.78, 5) is 33.5. The molecule has 164 valence electrons. The molecule has 32 heavy (non-hydrogen) atoms. The Bertz CT molecular complexity index is 1450. The summed E-state index contributed by atoms with van der Waals surface area (Å²) in [6.45, 7) is 5.78. The summed E-state index contributed by atoms with van der Waals surface area (Å²) in [5.74, 6) is 0.957. The van der Waals surface area contributed by atoms with Crippen molar-refractivity contribution in [2.45, 2.75) is 26.9 Å². The largest absolute Gasteiger partial charge is 0.332 e. The van der Waals surface area contributed by atoms with Gasteiger partial charge in [0.25, 0.3) is 5.56 Å². The molecule has 0 radical (unpaired) electrons. The molecule has 4 aromatic rings. The molecule has 1 aliphatic heterocycles. The van der Waals surface area contributed by atoms with Gasteiger partial charge in [0.1, 0.15) is 0 Å². The van der Waals surface area contributed by atoms with Crippen LogP contribution in [0, 0.1) is 12.8 Å². The number of aromatic nitrogens is 4. The third-order valence-electron chi connectivity index (χ3n) is 6.00. The second kappa shape index (κ2) is 7.67. The summed E-state index contributed by atoms with van der Waals surface area (Å²) in [6.07, 6.45) is 0. The minimum atomic E-state index is -0.370. The van der Waals surface area contributed by atoms with Gasteiger partial charge in [0.15, 0.2) is 11.2 Å². The molecular formula is C24H24ClN5O2. The zero-order valence-corrected chi connectivity index (χ0v) is 19.0. The molecule has 0 saturated carbocycles. The molecule has 2 aromatic carbocycles. The van der Waals surface area contributed by atoms with Gasteiger partial charge in [-0.25, -0.2) is 4.79 Å². The van der Waals surface area contributed by atoms with Crippen LogP contribution in [0.3, 0.4) is 0 Å². The van der Waals surface area contributed by atoms with Gasteiger partial charge in [-0.15, -0.1) is 0 Å². The van der Waals surface area contributed by atoms with Crippen LogP contribution in [0.2, 0.25) is 5.02 Å². The Balaban J connectivity index is 1.72. The van der Waals surface area contributed by atoms with E-state index in [4.69, 9.17) is 16.6 Å². The minimum absolute atomic E-state index is 0.222. The van der Waals surface area contributed by atoms with E-state index in [9.17, 15) is 9.59 Å². The third kappa shape index (κ3) is 3.33. The van der Waals surface area contributed by atoms with E-state index in [0.717, 1.165) is 23.4 Å². The van der Waals surface area contributed by atoms with Crippen LogP contribution in [0.4, 0.5) is 11.6 Å². The average Bonchev–Trinajstić information content (AvgIpc) is 3.15. The number of halogens is 1. The fourth-order valence-electron chi connectivity index (χ4n) is 4.48. The van der Waals surface area contributed by atoms with Crippen LogP contribution < -0.4 is 16.1 Å². The lowest BCUT2D eigenvalue weighted by atomic mass is 10.1. The molecule has 0 saturated heterocycles. The first-order chi connectivity index (χ1) is 15.3. The summed E-state index contributed by atoms with van der Waals surface area (Å²) >= 11 is 6.07. The maximum atomic E-state index is 13.6. The molecule has 0 spiro atoms. The number of hydrogen-bond acceptors (Lipinski definition) is 4. The van der Waals surface area contributed by atoms with Crippen molar-refractivity contribution in [2.75, 3.05) is 11.4 Å². The van der Waals surface area contributed by atoms with Gasteiger partial charge in [-0.05, 0) is 42.7 Å². The third-order valence-corrected chi connectivity index (χ3v) is 6.26. The average molecular weight is 450 g/mol. The Morgan fingerprint density at radius 3 is 2.56 bits per heavy atom. The molecule has 1 atom stereocenters. The van der Waals surface area contributed by atoms with E-state index in [1.807, 2.05) is 60.0 Å². The van der Waals surface area contributed by atoms with Crippen LogP contribution in [-0.4, -0.2) is 25.2 Å². The van der Waals surface area contributed by atoms with E-state index in [-0.39, 0.29) is 23.7 Å². The lowest BCUT2D eigenvalue weighted by Gasteiger charge is -2.33. The summed E-state index contributed by atoms with van der Waals surface area (Å²) < 4.78 is 4.73. The quantitative estimate of drug-likeness (QED) is 0.478. The molecule has 0 bridgehead atoms. The second-order valence-electron chi connectivity index (χ2n) is 8.61. The van der Waals surface area contributed by atoms with Crippen molar-refractivity contribution in [3.05, 3.63) is 85.5 Å². The van der Waals surface area contributed by atoms with Crippen molar-refractivity contribution >= 4 is 34.4 Å². The van der Waals surface area contributed by atoms with Crippen LogP contribution in [0.25, 0.3) is 11.2 Å². The summed E-state index contributed by atoms with van der Waals surface area (Å²) in [7, 11) is 1.67. The Morgan fingerprint density at radius 1 is 1.09 bits per heavy atom. The number of benzene rings is 2. The highest BCUT2D eigenvalue weighted by molar-refractivity contribution is 6.30. The molecule has 5 rings (SSSR count). The van der Waals surface area contributed by atoms with Crippen LogP contribution in [0.5, 0.6) is 0 Å². The van der Waals surface area contributed by atoms with E-state index < -0.39 is 0 Å². The Morgan fingerprint density at radius 2 is 1.84 bits per heavy atom. The SMILES string of the molecule is Cc1cccc(Cn2c(=O)c3c(nc4n3C[C@H](C)CN4c3ccc(Cl)cc3)n(C)c2=O)c1. The number of hydrogen-bond donors (Lipinski definition) is 0. The fraction of sp³-hybridized carbons (Fsp3) is 0.292. The molecule has 3 heterocycles. The van der Waals surface area contributed by atoms with Crippen molar-refractivity contribution in [1.29, 1.82) is 0 Å². The highest BCUT2D eigenvalue weighted by Crippen LogP contribution is 2.33. The number of nitrogens with zero attached hydrogens (tertiary/aromatic N) is 5. The topological polar surface area (TPSA) is 65.1 Å². The first-order valence-corrected chi connectivity index (χ1v) is 11.0. The van der Waals surface area contributed by atoms with Gasteiger partial charge < -0.3 is 9.47 Å². The first kappa shape index (κ1) is 20.6. The van der Waals surface area contributed by atoms with E-state index >= 15 is 0 Å². The van der Waals surface area contributed by atoms with Crippen LogP contribution in [0.1, 0.15) is 18.1 Å². The highest BCUT2D eigenvalue weighted by Gasteiger charge is 2.29. The van der Waals surface area contributed by atoms with E-state index in [1.54, 1.807) is 7.05 Å². The van der Waals surface area contributed by atoms with Gasteiger partial charge in [-0.2, -0.15) is 4.98 Å². The Kier molecular flexibility index (Phi) is 4.93. The molecule has 8 heteroatoms. The van der Waals surface area contributed by atoms with Crippen molar-refractivity contribution in [3.63, 3.8) is 0 Å². The predicted octanol–water partition coefficient (Wildman–Crippen LogP) is 3.69. The van der Waals surface area contributed by atoms with Gasteiger partial charge in [-0.3, -0.25) is 13.9 Å². The number of fused-ring (bicyclic) bond motifs is 3. The van der Waals surface area contributed by atoms with E-state index in [1.165, 1.54) is 9.13 Å². The zero-order chi connectivity index (χ0) is 22.6. The van der Waals surface area contributed by atoms with E-state index in [2.05, 4.69) is 11.8 Å². The van der Waals surface area contributed by atoms with Crippen LogP contribution >= 0.6 is 11.6 Å². The van der Waals surface area contributed by atoms with Crippen LogP contribution in [0.15, 0.2) is 58.1 Å². The first-order valence-electron chi connectivity index (χ1n) is 10.6. The summed E-state index contributed by atoms with van der Waals surface area (Å²) in [5.41, 5.74) is 3.13. The number of aryl methyl sites for hydroxylation is 2. The van der Waals surface area contributed by atoms with Gasteiger partial charge in [0.2, 0.25) is 5.95 Å². The Labute approximate surface area is 190 Å². The molecule has 0 aliphatic carbocycles. The molecule has 0 N–H and O–H groups in total. The van der Waals surface area contributed by atoms with Crippen molar-refractivity contribution in [3.8, 4) is 0 Å². The summed E-state index contributed by atoms with van der Waals surface area (Å²) in [5, 5.41) is 0.661. The van der Waals surface area contributed by atoms with Crippen molar-refractivity contribution < 1.29 is 0 Å². The smallest absolute Gasteiger partial charge is 0.312 e. The molecule has 0 amide bonds. The molecule has 1 aliphatic rings. The Hall–Kier alpha value is -3.32. The molecular weight excluding hydrogens is 426 g/mol. The van der Waals surface area contributed by atoms with Gasteiger partial charge >= 0.3 is 5.69 Å². The highest BCUT2D eigenvalue weighted by atomic mass is 35.5. The normalized spacial score (nSPS) is 15.9. The predicted molar refractivity (Wildman–Crippen MR) is 127 cm³/mol. The van der Waals surface area contributed by atoms with Gasteiger partial charge in [0.05, 0.1) is 6.54 Å². The maximum Gasteiger partial charge on any atom is 0.332 e. The molecule has 2 aromatic heterocycles. The fourth-order valence-corrected chi connectivity index (χ4v) is 4.60. The van der Waals surface area contributed by atoms with Crippen LogP contribution in [-0.2, 0) is 20.1 Å². The molecule has 0 unspecified atom stereocenters. The molecule has 0 fully saturated rings. The van der Waals surface area contributed by atoms with Gasteiger partial charge in [-0.1, -0.05) is 48.4 Å². The second-order valence-corrected chi connectivity index (χ2v) is 9.05. The van der Waals surface area contributed by atoms with E-state index in [0.29, 0.717) is 28.7 Å².